The Labute approximate surface area is 192 Å². The largest absolute Gasteiger partial charge is 0.390 e. The molecule has 30 heavy (non-hydrogen) atoms. The second kappa shape index (κ2) is 12.5. The van der Waals surface area contributed by atoms with Crippen LogP contribution in [0.4, 0.5) is 19.0 Å². The minimum Gasteiger partial charge on any atom is -0.357 e. The maximum absolute atomic E-state index is 12.6. The van der Waals surface area contributed by atoms with Crippen LogP contribution >= 0.6 is 24.0 Å². The Bertz CT molecular complexity index is 757. The van der Waals surface area contributed by atoms with Gasteiger partial charge in [-0.1, -0.05) is 6.07 Å². The van der Waals surface area contributed by atoms with Crippen LogP contribution in [0.25, 0.3) is 0 Å². The number of nitrogens with one attached hydrogen (secondary N) is 2. The number of piperazine rings is 1. The molecule has 1 aliphatic rings. The molecule has 2 rings (SSSR count). The summed E-state index contributed by atoms with van der Waals surface area (Å²) in [5, 5.41) is 5.59. The molecule has 0 aliphatic carbocycles. The Morgan fingerprint density at radius 3 is 2.47 bits per heavy atom. The van der Waals surface area contributed by atoms with Crippen molar-refractivity contribution in [3.8, 4) is 0 Å². The van der Waals surface area contributed by atoms with Gasteiger partial charge in [-0.15, -0.1) is 24.0 Å². The first-order valence-corrected chi connectivity index (χ1v) is 11.0. The molecule has 1 aliphatic heterocycles. The highest BCUT2D eigenvalue weighted by molar-refractivity contribution is 14.0. The Balaban J connectivity index is 0.00000450. The number of aliphatic imine (C=N–C) groups is 1. The van der Waals surface area contributed by atoms with Crippen molar-refractivity contribution < 1.29 is 21.6 Å². The van der Waals surface area contributed by atoms with Crippen LogP contribution in [0.1, 0.15) is 13.3 Å². The fourth-order valence-electron chi connectivity index (χ4n) is 2.80. The van der Waals surface area contributed by atoms with E-state index in [0.717, 1.165) is 5.82 Å². The van der Waals surface area contributed by atoms with E-state index in [1.54, 1.807) is 13.1 Å². The molecule has 1 fully saturated rings. The maximum atomic E-state index is 12.6. The fraction of sp³-hybridized carbons (Fsp3) is 0.647. The molecular formula is C17H28F3IN6O2S. The monoisotopic (exact) mass is 564 g/mol. The molecular weight excluding hydrogens is 536 g/mol. The Morgan fingerprint density at radius 1 is 1.20 bits per heavy atom. The highest BCUT2D eigenvalue weighted by atomic mass is 127. The molecule has 172 valence electrons. The Hall–Kier alpha value is -1.35. The summed E-state index contributed by atoms with van der Waals surface area (Å²) < 4.78 is 63.3. The van der Waals surface area contributed by atoms with Crippen molar-refractivity contribution >= 4 is 45.8 Å². The number of hydrogen-bond acceptors (Lipinski definition) is 5. The number of nitrogens with zero attached hydrogens (tertiary/aromatic N) is 4. The zero-order valence-corrected chi connectivity index (χ0v) is 19.9. The topological polar surface area (TPSA) is 89.9 Å². The second-order valence-corrected chi connectivity index (χ2v) is 8.53. The van der Waals surface area contributed by atoms with Gasteiger partial charge >= 0.3 is 6.18 Å². The standard InChI is InChI=1S/C17H27F3N6O2S.HI/c1-2-21-16(23-8-6-17(18,19)20)24-9-14-29(27,28)26-12-10-25(11-13-26)15-5-3-4-7-22-15;/h3-5,7H,2,6,8-14H2,1H3,(H2,21,23,24);1H. The van der Waals surface area contributed by atoms with Crippen molar-refractivity contribution in [1.82, 2.24) is 19.9 Å². The lowest BCUT2D eigenvalue weighted by Crippen LogP contribution is -2.50. The van der Waals surface area contributed by atoms with Gasteiger partial charge < -0.3 is 15.5 Å². The molecule has 2 heterocycles. The van der Waals surface area contributed by atoms with Gasteiger partial charge in [0.25, 0.3) is 0 Å². The third-order valence-electron chi connectivity index (χ3n) is 4.27. The first-order valence-electron chi connectivity index (χ1n) is 9.44. The van der Waals surface area contributed by atoms with Gasteiger partial charge in [0.2, 0.25) is 10.0 Å². The van der Waals surface area contributed by atoms with Crippen molar-refractivity contribution in [2.75, 3.05) is 56.5 Å². The summed E-state index contributed by atoms with van der Waals surface area (Å²) in [5.74, 6) is 0.823. The molecule has 0 spiro atoms. The van der Waals surface area contributed by atoms with Crippen LogP contribution < -0.4 is 15.5 Å². The summed E-state index contributed by atoms with van der Waals surface area (Å²) in [7, 11) is -3.48. The summed E-state index contributed by atoms with van der Waals surface area (Å²) in [5.41, 5.74) is 0. The predicted octanol–water partition coefficient (Wildman–Crippen LogP) is 1.66. The van der Waals surface area contributed by atoms with Crippen molar-refractivity contribution in [3.63, 3.8) is 0 Å². The Kier molecular flexibility index (Phi) is 11.1. The fourth-order valence-corrected chi connectivity index (χ4v) is 4.14. The lowest BCUT2D eigenvalue weighted by Gasteiger charge is -2.34. The minimum atomic E-state index is -4.28. The summed E-state index contributed by atoms with van der Waals surface area (Å²) in [6.07, 6.45) is -3.60. The highest BCUT2D eigenvalue weighted by Gasteiger charge is 2.27. The summed E-state index contributed by atoms with van der Waals surface area (Å²) in [6, 6.07) is 5.59. The zero-order chi connectivity index (χ0) is 21.3. The van der Waals surface area contributed by atoms with E-state index in [4.69, 9.17) is 0 Å². The van der Waals surface area contributed by atoms with Gasteiger partial charge in [-0.25, -0.2) is 13.4 Å². The first kappa shape index (κ1) is 26.7. The molecule has 13 heteroatoms. The SMILES string of the molecule is CCNC(=NCCC(F)(F)F)NCCS(=O)(=O)N1CCN(c2ccccn2)CC1.I. The molecule has 0 radical (unpaired) electrons. The second-order valence-electron chi connectivity index (χ2n) is 6.44. The average Bonchev–Trinajstić information content (AvgIpc) is 2.68. The number of aromatic nitrogens is 1. The van der Waals surface area contributed by atoms with Crippen LogP contribution in [0, 0.1) is 0 Å². The van der Waals surface area contributed by atoms with Gasteiger partial charge in [-0.3, -0.25) is 4.99 Å². The maximum Gasteiger partial charge on any atom is 0.390 e. The van der Waals surface area contributed by atoms with Crippen LogP contribution in [0.3, 0.4) is 0 Å². The van der Waals surface area contributed by atoms with Crippen molar-refractivity contribution in [3.05, 3.63) is 24.4 Å². The van der Waals surface area contributed by atoms with Crippen LogP contribution in [-0.4, -0.2) is 81.4 Å². The van der Waals surface area contributed by atoms with Gasteiger partial charge in [0, 0.05) is 45.5 Å². The third kappa shape index (κ3) is 9.20. The molecule has 1 saturated heterocycles. The highest BCUT2D eigenvalue weighted by Crippen LogP contribution is 2.19. The zero-order valence-electron chi connectivity index (χ0n) is 16.7. The van der Waals surface area contributed by atoms with Gasteiger partial charge in [0.1, 0.15) is 5.82 Å². The summed E-state index contributed by atoms with van der Waals surface area (Å²) in [6.45, 7) is 3.69. The van der Waals surface area contributed by atoms with Gasteiger partial charge in [-0.2, -0.15) is 17.5 Å². The molecule has 8 nitrogen and oxygen atoms in total. The van der Waals surface area contributed by atoms with Crippen molar-refractivity contribution in [2.45, 2.75) is 19.5 Å². The van der Waals surface area contributed by atoms with E-state index in [1.165, 1.54) is 4.31 Å². The molecule has 0 saturated carbocycles. The van der Waals surface area contributed by atoms with Crippen molar-refractivity contribution in [1.29, 1.82) is 0 Å². The summed E-state index contributed by atoms with van der Waals surface area (Å²) in [4.78, 5) is 10.1. The molecule has 1 aromatic heterocycles. The molecule has 0 unspecified atom stereocenters. The van der Waals surface area contributed by atoms with E-state index in [2.05, 4.69) is 20.6 Å². The normalized spacial score (nSPS) is 16.1. The van der Waals surface area contributed by atoms with E-state index >= 15 is 0 Å². The van der Waals surface area contributed by atoms with Gasteiger partial charge in [0.15, 0.2) is 5.96 Å². The molecule has 0 bridgehead atoms. The number of hydrogen-bond donors (Lipinski definition) is 2. The number of alkyl halides is 3. The number of pyridine rings is 1. The molecule has 0 aromatic carbocycles. The number of sulfonamides is 1. The molecule has 1 aromatic rings. The van der Waals surface area contributed by atoms with E-state index in [-0.39, 0.29) is 42.2 Å². The van der Waals surface area contributed by atoms with Crippen LogP contribution in [0.15, 0.2) is 29.4 Å². The number of rotatable bonds is 8. The van der Waals surface area contributed by atoms with Crippen molar-refractivity contribution in [2.24, 2.45) is 4.99 Å². The Morgan fingerprint density at radius 2 is 1.90 bits per heavy atom. The third-order valence-corrected chi connectivity index (χ3v) is 6.14. The molecule has 0 atom stereocenters. The van der Waals surface area contributed by atoms with Gasteiger partial charge in [0.05, 0.1) is 18.7 Å². The quantitative estimate of drug-likeness (QED) is 0.284. The molecule has 0 amide bonds. The smallest absolute Gasteiger partial charge is 0.357 e. The number of guanidine groups is 1. The lowest BCUT2D eigenvalue weighted by atomic mass is 10.3. The van der Waals surface area contributed by atoms with E-state index in [1.807, 2.05) is 23.1 Å². The van der Waals surface area contributed by atoms with Crippen LogP contribution in [0.5, 0.6) is 0 Å². The van der Waals surface area contributed by atoms with E-state index < -0.39 is 29.2 Å². The molecule has 2 N–H and O–H groups in total. The predicted molar refractivity (Wildman–Crippen MR) is 122 cm³/mol. The van der Waals surface area contributed by atoms with E-state index in [9.17, 15) is 21.6 Å². The van der Waals surface area contributed by atoms with Crippen LogP contribution in [0.2, 0.25) is 0 Å². The number of halogens is 4. The first-order chi connectivity index (χ1) is 13.7. The number of anilines is 1. The minimum absolute atomic E-state index is 0. The average molecular weight is 564 g/mol. The van der Waals surface area contributed by atoms with Gasteiger partial charge in [-0.05, 0) is 19.1 Å². The summed E-state index contributed by atoms with van der Waals surface area (Å²) >= 11 is 0. The van der Waals surface area contributed by atoms with Crippen LogP contribution in [-0.2, 0) is 10.0 Å². The lowest BCUT2D eigenvalue weighted by molar-refractivity contribution is -0.132. The van der Waals surface area contributed by atoms with E-state index in [0.29, 0.717) is 32.7 Å².